The molecule has 2 heterocycles. The van der Waals surface area contributed by atoms with E-state index in [9.17, 15) is 13.2 Å². The van der Waals surface area contributed by atoms with Gasteiger partial charge in [-0.05, 0) is 6.42 Å². The molecule has 0 unspecified atom stereocenters. The molecule has 1 aliphatic heterocycles. The van der Waals surface area contributed by atoms with Crippen molar-refractivity contribution in [2.75, 3.05) is 24.3 Å². The third kappa shape index (κ3) is 5.10. The molecule has 0 aromatic carbocycles. The zero-order valence-corrected chi connectivity index (χ0v) is 15.9. The molecule has 124 valence electrons. The van der Waals surface area contributed by atoms with Crippen molar-refractivity contribution in [3.8, 4) is 0 Å². The van der Waals surface area contributed by atoms with Gasteiger partial charge in [0.1, 0.15) is 0 Å². The molecule has 0 aliphatic carbocycles. The van der Waals surface area contributed by atoms with Crippen molar-refractivity contribution < 1.29 is 13.2 Å². The molecule has 1 aliphatic rings. The fourth-order valence-electron chi connectivity index (χ4n) is 2.01. The van der Waals surface area contributed by atoms with E-state index in [-0.39, 0.29) is 29.2 Å². The minimum atomic E-state index is -2.97. The Balaban J connectivity index is 1.83. The standard InChI is InChI=1S/C12H19N3O3S4/c1-8(2)20-12-14-13-11(21-12)19-6-10(16)15(3)9-4-5-22(17,18)7-9/h8-9H,4-7H2,1-3H3/t9-/m1/s1. The molecular weight excluding hydrogens is 362 g/mol. The molecule has 0 N–H and O–H groups in total. The molecule has 2 rings (SSSR count). The van der Waals surface area contributed by atoms with Gasteiger partial charge in [0.2, 0.25) is 5.91 Å². The van der Waals surface area contributed by atoms with Crippen molar-refractivity contribution in [3.05, 3.63) is 0 Å². The van der Waals surface area contributed by atoms with Gasteiger partial charge in [-0.25, -0.2) is 8.42 Å². The van der Waals surface area contributed by atoms with E-state index in [1.54, 1.807) is 23.7 Å². The largest absolute Gasteiger partial charge is 0.341 e. The van der Waals surface area contributed by atoms with E-state index in [2.05, 4.69) is 24.0 Å². The summed E-state index contributed by atoms with van der Waals surface area (Å²) in [6.45, 7) is 4.18. The minimum absolute atomic E-state index is 0.0691. The lowest BCUT2D eigenvalue weighted by atomic mass is 10.2. The lowest BCUT2D eigenvalue weighted by molar-refractivity contribution is -0.128. The van der Waals surface area contributed by atoms with Crippen LogP contribution in [-0.4, -0.2) is 65.0 Å². The molecule has 1 fully saturated rings. The monoisotopic (exact) mass is 381 g/mol. The lowest BCUT2D eigenvalue weighted by Crippen LogP contribution is -2.38. The number of thioether (sulfide) groups is 2. The molecule has 1 atom stereocenters. The fourth-order valence-corrected chi connectivity index (χ4v) is 6.96. The average molecular weight is 382 g/mol. The predicted molar refractivity (Wildman–Crippen MR) is 91.5 cm³/mol. The summed E-state index contributed by atoms with van der Waals surface area (Å²) >= 11 is 4.49. The molecule has 1 aromatic rings. The number of nitrogens with zero attached hydrogens (tertiary/aromatic N) is 3. The van der Waals surface area contributed by atoms with Crippen molar-refractivity contribution in [1.82, 2.24) is 15.1 Å². The summed E-state index contributed by atoms with van der Waals surface area (Å²) in [5.74, 6) is 0.441. The molecule has 6 nitrogen and oxygen atoms in total. The van der Waals surface area contributed by atoms with Crippen molar-refractivity contribution in [2.24, 2.45) is 0 Å². The Kier molecular flexibility index (Phi) is 6.14. The first-order valence-electron chi connectivity index (χ1n) is 6.86. The Morgan fingerprint density at radius 2 is 2.09 bits per heavy atom. The summed E-state index contributed by atoms with van der Waals surface area (Å²) in [4.78, 5) is 13.7. The smallest absolute Gasteiger partial charge is 0.233 e. The molecule has 1 amide bonds. The first-order chi connectivity index (χ1) is 10.3. The Hall–Kier alpha value is -0.320. The number of sulfone groups is 1. The van der Waals surface area contributed by atoms with Crippen LogP contribution in [0.3, 0.4) is 0 Å². The maximum atomic E-state index is 12.2. The van der Waals surface area contributed by atoms with Gasteiger partial charge in [-0.1, -0.05) is 48.7 Å². The fraction of sp³-hybridized carbons (Fsp3) is 0.750. The third-order valence-electron chi connectivity index (χ3n) is 3.19. The van der Waals surface area contributed by atoms with Crippen molar-refractivity contribution in [1.29, 1.82) is 0 Å². The minimum Gasteiger partial charge on any atom is -0.341 e. The van der Waals surface area contributed by atoms with Crippen LogP contribution >= 0.6 is 34.9 Å². The normalized spacial score (nSPS) is 20.5. The second-order valence-electron chi connectivity index (χ2n) is 5.35. The Morgan fingerprint density at radius 3 is 2.68 bits per heavy atom. The van der Waals surface area contributed by atoms with Crippen molar-refractivity contribution >= 4 is 50.6 Å². The van der Waals surface area contributed by atoms with Crippen molar-refractivity contribution in [2.45, 2.75) is 40.2 Å². The van der Waals surface area contributed by atoms with Gasteiger partial charge in [0, 0.05) is 18.3 Å². The van der Waals surface area contributed by atoms with Gasteiger partial charge < -0.3 is 4.90 Å². The number of rotatable bonds is 6. The van der Waals surface area contributed by atoms with E-state index in [0.29, 0.717) is 11.7 Å². The van der Waals surface area contributed by atoms with Gasteiger partial charge >= 0.3 is 0 Å². The zero-order chi connectivity index (χ0) is 16.3. The molecule has 1 aromatic heterocycles. The zero-order valence-electron chi connectivity index (χ0n) is 12.7. The highest BCUT2D eigenvalue weighted by molar-refractivity contribution is 8.03. The summed E-state index contributed by atoms with van der Waals surface area (Å²) in [7, 11) is -1.30. The Bertz CT molecular complexity index is 629. The molecule has 1 saturated heterocycles. The average Bonchev–Trinajstić information content (AvgIpc) is 3.01. The number of amides is 1. The maximum Gasteiger partial charge on any atom is 0.233 e. The molecule has 0 spiro atoms. The SMILES string of the molecule is CC(C)Sc1nnc(SCC(=O)N(C)[C@@H]2CCS(=O)(=O)C2)s1. The summed E-state index contributed by atoms with van der Waals surface area (Å²) in [6, 6.07) is -0.195. The second kappa shape index (κ2) is 7.50. The number of hydrogen-bond acceptors (Lipinski definition) is 8. The van der Waals surface area contributed by atoms with E-state index in [0.717, 1.165) is 8.68 Å². The van der Waals surface area contributed by atoms with Crippen LogP contribution in [0.5, 0.6) is 0 Å². The maximum absolute atomic E-state index is 12.2. The lowest BCUT2D eigenvalue weighted by Gasteiger charge is -2.22. The molecule has 10 heteroatoms. The molecule has 0 radical (unpaired) electrons. The summed E-state index contributed by atoms with van der Waals surface area (Å²) < 4.78 is 24.6. The first-order valence-corrected chi connectivity index (χ1v) is 11.4. The third-order valence-corrected chi connectivity index (χ3v) is 8.07. The highest BCUT2D eigenvalue weighted by Gasteiger charge is 2.32. The van der Waals surface area contributed by atoms with E-state index in [4.69, 9.17) is 0 Å². The summed E-state index contributed by atoms with van der Waals surface area (Å²) in [6.07, 6.45) is 0.531. The highest BCUT2D eigenvalue weighted by atomic mass is 32.2. The summed E-state index contributed by atoms with van der Waals surface area (Å²) in [5, 5.41) is 8.59. The molecule has 0 saturated carbocycles. The number of aromatic nitrogens is 2. The first kappa shape index (κ1) is 18.0. The van der Waals surface area contributed by atoms with Crippen LogP contribution < -0.4 is 0 Å². The van der Waals surface area contributed by atoms with Crippen LogP contribution in [0.4, 0.5) is 0 Å². The van der Waals surface area contributed by atoms with Gasteiger partial charge in [-0.3, -0.25) is 4.79 Å². The van der Waals surface area contributed by atoms with Gasteiger partial charge in [0.05, 0.1) is 17.3 Å². The second-order valence-corrected chi connectivity index (χ2v) is 11.6. The van der Waals surface area contributed by atoms with Crippen LogP contribution in [-0.2, 0) is 14.6 Å². The molecular formula is C12H19N3O3S4. The van der Waals surface area contributed by atoms with Gasteiger partial charge in [-0.2, -0.15) is 0 Å². The number of hydrogen-bond donors (Lipinski definition) is 0. The van der Waals surface area contributed by atoms with Gasteiger partial charge in [-0.15, -0.1) is 10.2 Å². The predicted octanol–water partition coefficient (Wildman–Crippen LogP) is 1.78. The van der Waals surface area contributed by atoms with Gasteiger partial charge in [0.25, 0.3) is 0 Å². The van der Waals surface area contributed by atoms with Crippen LogP contribution in [0.2, 0.25) is 0 Å². The Labute approximate surface area is 143 Å². The van der Waals surface area contributed by atoms with Crippen LogP contribution in [0.1, 0.15) is 20.3 Å². The van der Waals surface area contributed by atoms with E-state index < -0.39 is 9.84 Å². The topological polar surface area (TPSA) is 80.2 Å². The van der Waals surface area contributed by atoms with Crippen LogP contribution in [0.25, 0.3) is 0 Å². The number of carbonyl (C=O) groups is 1. The van der Waals surface area contributed by atoms with E-state index in [1.807, 2.05) is 0 Å². The molecule has 22 heavy (non-hydrogen) atoms. The quantitative estimate of drug-likeness (QED) is 0.695. The van der Waals surface area contributed by atoms with E-state index in [1.165, 1.54) is 23.1 Å². The Morgan fingerprint density at radius 1 is 1.41 bits per heavy atom. The molecule has 0 bridgehead atoms. The van der Waals surface area contributed by atoms with Crippen LogP contribution in [0, 0.1) is 0 Å². The highest BCUT2D eigenvalue weighted by Crippen LogP contribution is 2.31. The number of carbonyl (C=O) groups excluding carboxylic acids is 1. The van der Waals surface area contributed by atoms with Crippen molar-refractivity contribution in [3.63, 3.8) is 0 Å². The summed E-state index contributed by atoms with van der Waals surface area (Å²) in [5.41, 5.74) is 0. The van der Waals surface area contributed by atoms with E-state index >= 15 is 0 Å². The van der Waals surface area contributed by atoms with Gasteiger partial charge in [0.15, 0.2) is 18.5 Å². The van der Waals surface area contributed by atoms with Crippen LogP contribution in [0.15, 0.2) is 8.68 Å².